The summed E-state index contributed by atoms with van der Waals surface area (Å²) in [4.78, 5) is 14.1. The summed E-state index contributed by atoms with van der Waals surface area (Å²) in [6, 6.07) is 0. The molecule has 0 bridgehead atoms. The van der Waals surface area contributed by atoms with Crippen molar-refractivity contribution in [2.24, 2.45) is 56.7 Å². The lowest BCUT2D eigenvalue weighted by Crippen LogP contribution is -2.65. The molecule has 5 aliphatic carbocycles. The summed E-state index contributed by atoms with van der Waals surface area (Å²) in [6.07, 6.45) is 16.4. The van der Waals surface area contributed by atoms with Crippen LogP contribution in [0, 0.1) is 56.7 Å². The molecule has 0 N–H and O–H groups in total. The number of ether oxygens (including phenoxy) is 4. The average Bonchev–Trinajstić information content (AvgIpc) is 2.99. The van der Waals surface area contributed by atoms with Gasteiger partial charge in [0.1, 0.15) is 6.61 Å². The molecule has 250 valence electrons. The van der Waals surface area contributed by atoms with E-state index in [2.05, 4.69) is 54.5 Å². The van der Waals surface area contributed by atoms with Crippen molar-refractivity contribution in [2.45, 2.75) is 151 Å². The third-order valence-corrected chi connectivity index (χ3v) is 15.6. The molecule has 0 spiro atoms. The minimum atomic E-state index is -0.395. The summed E-state index contributed by atoms with van der Waals surface area (Å²) < 4.78 is 24.4. The van der Waals surface area contributed by atoms with Gasteiger partial charge in [0, 0.05) is 13.7 Å². The van der Waals surface area contributed by atoms with Gasteiger partial charge in [-0.05, 0) is 135 Å². The van der Waals surface area contributed by atoms with Gasteiger partial charge in [0.2, 0.25) is 0 Å². The number of rotatable bonds is 6. The van der Waals surface area contributed by atoms with Crippen LogP contribution in [0.15, 0.2) is 11.6 Å². The molecule has 0 aromatic carbocycles. The number of hydrogen-bond acceptors (Lipinski definition) is 5. The van der Waals surface area contributed by atoms with Crippen LogP contribution in [0.4, 0.5) is 0 Å². The molecule has 3 unspecified atom stereocenters. The SMILES string of the molecule is COC(C)COC(=O)[C@]12CC[C@@H](C)[C@H](C)[C@H]1C1=CC[C@@H]3[C@@]4(C)CC[C@H](OC5CCCCO5)C(C)(C)C4CC[C@@]3(C)[C@]1(C)CC2. The maximum absolute atomic E-state index is 14.1. The molecule has 0 radical (unpaired) electrons. The van der Waals surface area contributed by atoms with Gasteiger partial charge in [0.25, 0.3) is 0 Å². The van der Waals surface area contributed by atoms with Crippen molar-refractivity contribution in [1.29, 1.82) is 0 Å². The second-order valence-corrected chi connectivity index (χ2v) is 17.7. The molecule has 0 aromatic heterocycles. The molecule has 6 aliphatic rings. The number of methoxy groups -OCH3 is 1. The second-order valence-electron chi connectivity index (χ2n) is 17.7. The first kappa shape index (κ1) is 33.0. The lowest BCUT2D eigenvalue weighted by Gasteiger charge is -2.71. The highest BCUT2D eigenvalue weighted by atomic mass is 16.7. The van der Waals surface area contributed by atoms with Crippen molar-refractivity contribution in [1.82, 2.24) is 0 Å². The second kappa shape index (κ2) is 11.7. The molecule has 1 aliphatic heterocycles. The number of fused-ring (bicyclic) bond motifs is 7. The summed E-state index contributed by atoms with van der Waals surface area (Å²) in [5.74, 6) is 2.69. The number of hydrogen-bond donors (Lipinski definition) is 0. The highest BCUT2D eigenvalue weighted by molar-refractivity contribution is 5.79. The van der Waals surface area contributed by atoms with Gasteiger partial charge in [0.05, 0.1) is 17.6 Å². The summed E-state index contributed by atoms with van der Waals surface area (Å²) in [5, 5.41) is 0. The third-order valence-electron chi connectivity index (χ3n) is 15.6. The lowest BCUT2D eigenvalue weighted by molar-refractivity contribution is -0.257. The van der Waals surface area contributed by atoms with E-state index in [-0.39, 0.29) is 52.0 Å². The summed E-state index contributed by atoms with van der Waals surface area (Å²) in [7, 11) is 1.70. The molecular formula is C39H64O5. The first-order valence-electron chi connectivity index (χ1n) is 18.4. The van der Waals surface area contributed by atoms with Crippen molar-refractivity contribution < 1.29 is 23.7 Å². The smallest absolute Gasteiger partial charge is 0.312 e. The molecule has 44 heavy (non-hydrogen) atoms. The largest absolute Gasteiger partial charge is 0.462 e. The monoisotopic (exact) mass is 612 g/mol. The average molecular weight is 613 g/mol. The van der Waals surface area contributed by atoms with E-state index in [1.165, 1.54) is 25.7 Å². The molecule has 5 heteroatoms. The molecule has 5 nitrogen and oxygen atoms in total. The highest BCUT2D eigenvalue weighted by Gasteiger charge is 2.69. The number of allylic oxidation sites excluding steroid dienone is 2. The Morgan fingerprint density at radius 1 is 0.955 bits per heavy atom. The van der Waals surface area contributed by atoms with Gasteiger partial charge < -0.3 is 18.9 Å². The van der Waals surface area contributed by atoms with Crippen LogP contribution in [0.1, 0.15) is 132 Å². The van der Waals surface area contributed by atoms with Gasteiger partial charge in [-0.25, -0.2) is 0 Å². The van der Waals surface area contributed by atoms with Crippen LogP contribution in [-0.2, 0) is 23.7 Å². The van der Waals surface area contributed by atoms with Crippen LogP contribution >= 0.6 is 0 Å². The van der Waals surface area contributed by atoms with Gasteiger partial charge >= 0.3 is 5.97 Å². The molecule has 0 aromatic rings. The standard InChI is InChI=1S/C39H64O5/c1-25-15-20-39(34(40)43-24-26(2)41-9)22-21-37(7)28(33(39)27(25)3)13-14-30-36(6)18-17-31(44-32-12-10-11-23-42-32)35(4,5)29(36)16-19-38(30,37)8/h13,25-27,29-33H,10-12,14-24H2,1-9H3/t25-,26?,27+,29?,30-,31+,32?,33+,36+,37-,38-,39+/m1/s1. The van der Waals surface area contributed by atoms with Gasteiger partial charge in [0.15, 0.2) is 6.29 Å². The molecule has 12 atom stereocenters. The van der Waals surface area contributed by atoms with Crippen LogP contribution in [0.3, 0.4) is 0 Å². The zero-order valence-electron chi connectivity index (χ0n) is 29.6. The minimum Gasteiger partial charge on any atom is -0.462 e. The molecule has 6 rings (SSSR count). The quantitative estimate of drug-likeness (QED) is 0.170. The van der Waals surface area contributed by atoms with E-state index in [1.54, 1.807) is 12.7 Å². The van der Waals surface area contributed by atoms with Crippen molar-refractivity contribution in [3.8, 4) is 0 Å². The predicted molar refractivity (Wildman–Crippen MR) is 175 cm³/mol. The highest BCUT2D eigenvalue weighted by Crippen LogP contribution is 2.76. The Balaban J connectivity index is 1.31. The fraction of sp³-hybridized carbons (Fsp3) is 0.923. The molecule has 4 saturated carbocycles. The molecule has 1 saturated heterocycles. The Morgan fingerprint density at radius 3 is 2.43 bits per heavy atom. The van der Waals surface area contributed by atoms with E-state index in [4.69, 9.17) is 18.9 Å². The first-order chi connectivity index (χ1) is 20.7. The lowest BCUT2D eigenvalue weighted by atomic mass is 9.33. The van der Waals surface area contributed by atoms with E-state index in [0.29, 0.717) is 30.3 Å². The summed E-state index contributed by atoms with van der Waals surface area (Å²) >= 11 is 0. The summed E-state index contributed by atoms with van der Waals surface area (Å²) in [6.45, 7) is 21.0. The Bertz CT molecular complexity index is 1110. The van der Waals surface area contributed by atoms with Crippen LogP contribution < -0.4 is 0 Å². The maximum Gasteiger partial charge on any atom is 0.312 e. The Hall–Kier alpha value is -0.910. The topological polar surface area (TPSA) is 54.0 Å². The Kier molecular flexibility index (Phi) is 8.74. The van der Waals surface area contributed by atoms with Gasteiger partial charge in [-0.1, -0.05) is 60.1 Å². The van der Waals surface area contributed by atoms with E-state index in [9.17, 15) is 4.79 Å². The van der Waals surface area contributed by atoms with Crippen molar-refractivity contribution >= 4 is 5.97 Å². The normalized spacial score (nSPS) is 48.9. The molecular weight excluding hydrogens is 548 g/mol. The summed E-state index contributed by atoms with van der Waals surface area (Å²) in [5.41, 5.74) is 1.96. The van der Waals surface area contributed by atoms with E-state index < -0.39 is 5.41 Å². The van der Waals surface area contributed by atoms with Crippen LogP contribution in [-0.4, -0.2) is 44.8 Å². The first-order valence-corrected chi connectivity index (χ1v) is 18.4. The predicted octanol–water partition coefficient (Wildman–Crippen LogP) is 9.13. The Labute approximate surface area is 268 Å². The zero-order chi connectivity index (χ0) is 31.7. The maximum atomic E-state index is 14.1. The molecule has 0 amide bonds. The number of carbonyl (C=O) groups is 1. The minimum absolute atomic E-state index is 0.0166. The van der Waals surface area contributed by atoms with E-state index in [1.807, 2.05) is 6.92 Å². The van der Waals surface area contributed by atoms with Crippen LogP contribution in [0.25, 0.3) is 0 Å². The van der Waals surface area contributed by atoms with Crippen molar-refractivity contribution in [2.75, 3.05) is 20.3 Å². The third kappa shape index (κ3) is 4.82. The van der Waals surface area contributed by atoms with Gasteiger partial charge in [-0.2, -0.15) is 0 Å². The van der Waals surface area contributed by atoms with Gasteiger partial charge in [-0.3, -0.25) is 4.79 Å². The number of carbonyl (C=O) groups excluding carboxylic acids is 1. The zero-order valence-corrected chi connectivity index (χ0v) is 29.6. The van der Waals surface area contributed by atoms with Crippen molar-refractivity contribution in [3.63, 3.8) is 0 Å². The van der Waals surface area contributed by atoms with Crippen molar-refractivity contribution in [3.05, 3.63) is 11.6 Å². The van der Waals surface area contributed by atoms with E-state index in [0.717, 1.165) is 58.0 Å². The van der Waals surface area contributed by atoms with Crippen LogP contribution in [0.2, 0.25) is 0 Å². The Morgan fingerprint density at radius 2 is 1.73 bits per heavy atom. The molecule has 5 fully saturated rings. The van der Waals surface area contributed by atoms with Gasteiger partial charge in [-0.15, -0.1) is 0 Å². The number of esters is 1. The van der Waals surface area contributed by atoms with E-state index >= 15 is 0 Å². The molecule has 1 heterocycles. The fourth-order valence-electron chi connectivity index (χ4n) is 12.5. The fourth-order valence-corrected chi connectivity index (χ4v) is 12.5. The van der Waals surface area contributed by atoms with Crippen LogP contribution in [0.5, 0.6) is 0 Å².